The fraction of sp³-hybridized carbons (Fsp3) is 0.212. The van der Waals surface area contributed by atoms with Crippen molar-refractivity contribution in [3.63, 3.8) is 0 Å². The zero-order valence-electron chi connectivity index (χ0n) is 22.9. The van der Waals surface area contributed by atoms with Crippen LogP contribution in [0, 0.1) is 12.7 Å². The fourth-order valence-corrected chi connectivity index (χ4v) is 5.44. The molecule has 2 amide bonds. The average molecular weight is 534 g/mol. The summed E-state index contributed by atoms with van der Waals surface area (Å²) < 4.78 is 17.6. The van der Waals surface area contributed by atoms with Crippen LogP contribution in [0.25, 0.3) is 11.5 Å². The quantitative estimate of drug-likeness (QED) is 0.263. The Morgan fingerprint density at radius 1 is 0.975 bits per heavy atom. The maximum absolute atomic E-state index is 14.0. The van der Waals surface area contributed by atoms with Crippen molar-refractivity contribution < 1.29 is 9.18 Å². The maximum atomic E-state index is 14.0. The predicted molar refractivity (Wildman–Crippen MR) is 154 cm³/mol. The Morgan fingerprint density at radius 3 is 2.40 bits per heavy atom. The van der Waals surface area contributed by atoms with Crippen LogP contribution in [-0.4, -0.2) is 25.3 Å². The number of carbonyl (C=O) groups is 1. The number of urea groups is 1. The highest BCUT2D eigenvalue weighted by Gasteiger charge is 2.36. The van der Waals surface area contributed by atoms with Crippen molar-refractivity contribution >= 4 is 6.03 Å². The molecule has 5 aromatic rings. The number of benzene rings is 3. The third-order valence-corrected chi connectivity index (χ3v) is 7.62. The number of aryl methyl sites for hydroxylation is 1. The molecule has 0 spiro atoms. The van der Waals surface area contributed by atoms with Crippen LogP contribution in [-0.2, 0) is 13.1 Å². The van der Waals surface area contributed by atoms with Gasteiger partial charge in [-0.3, -0.25) is 0 Å². The molecule has 7 heteroatoms. The molecule has 0 fully saturated rings. The van der Waals surface area contributed by atoms with Crippen molar-refractivity contribution in [3.8, 4) is 11.5 Å². The summed E-state index contributed by atoms with van der Waals surface area (Å²) in [6.07, 6.45) is 2.05. The van der Waals surface area contributed by atoms with Crippen LogP contribution in [0.2, 0.25) is 0 Å². The molecule has 0 bridgehead atoms. The Hall–Kier alpha value is -4.65. The molecule has 0 aliphatic carbocycles. The standard InChI is InChI=1S/C33H32FN5O/c1-22(2)25-13-15-26(16-14-25)31-30-10-7-19-37(30)32-29(23(3)36-39(32)28-8-5-4-6-9-28)21-38(31)33(40)35-20-24-11-17-27(34)18-12-24/h4-19,22,31H,20-21H2,1-3H3,(H,35,40)/t31-/m0/s1. The summed E-state index contributed by atoms with van der Waals surface area (Å²) in [7, 11) is 0. The van der Waals surface area contributed by atoms with Gasteiger partial charge in [0.15, 0.2) is 0 Å². The zero-order chi connectivity index (χ0) is 27.8. The van der Waals surface area contributed by atoms with Crippen LogP contribution in [0.5, 0.6) is 0 Å². The van der Waals surface area contributed by atoms with E-state index in [2.05, 4.69) is 54.1 Å². The summed E-state index contributed by atoms with van der Waals surface area (Å²) in [5.74, 6) is 1.04. The summed E-state index contributed by atoms with van der Waals surface area (Å²) >= 11 is 0. The van der Waals surface area contributed by atoms with Gasteiger partial charge in [0.2, 0.25) is 0 Å². The summed E-state index contributed by atoms with van der Waals surface area (Å²) in [6.45, 7) is 7.02. The van der Waals surface area contributed by atoms with E-state index < -0.39 is 0 Å². The molecular weight excluding hydrogens is 501 g/mol. The second-order valence-electron chi connectivity index (χ2n) is 10.6. The Labute approximate surface area is 233 Å². The average Bonchev–Trinajstić information content (AvgIpc) is 3.53. The number of amides is 2. The molecule has 202 valence electrons. The number of halogens is 1. The van der Waals surface area contributed by atoms with Gasteiger partial charge in [-0.1, -0.05) is 68.4 Å². The number of fused-ring (bicyclic) bond motifs is 3. The third-order valence-electron chi connectivity index (χ3n) is 7.62. The van der Waals surface area contributed by atoms with Gasteiger partial charge in [-0.15, -0.1) is 0 Å². The molecule has 6 rings (SSSR count). The molecular formula is C33H32FN5O. The van der Waals surface area contributed by atoms with E-state index >= 15 is 0 Å². The first kappa shape index (κ1) is 25.6. The second kappa shape index (κ2) is 10.5. The number of nitrogens with one attached hydrogen (secondary N) is 1. The Morgan fingerprint density at radius 2 is 1.70 bits per heavy atom. The van der Waals surface area contributed by atoms with Gasteiger partial charge in [0, 0.05) is 18.3 Å². The summed E-state index contributed by atoms with van der Waals surface area (Å²) in [4.78, 5) is 15.9. The van der Waals surface area contributed by atoms with Gasteiger partial charge in [-0.2, -0.15) is 5.10 Å². The fourth-order valence-electron chi connectivity index (χ4n) is 5.44. The predicted octanol–water partition coefficient (Wildman–Crippen LogP) is 7.05. The molecule has 0 saturated carbocycles. The molecule has 0 unspecified atom stereocenters. The maximum Gasteiger partial charge on any atom is 0.318 e. The van der Waals surface area contributed by atoms with Gasteiger partial charge in [-0.25, -0.2) is 13.9 Å². The SMILES string of the molecule is Cc1nn(-c2ccccc2)c2c1CN(C(=O)NCc1ccc(F)cc1)[C@@H](c1ccc(C(C)C)cc1)c1cccn1-2. The minimum Gasteiger partial charge on any atom is -0.334 e. The van der Waals surface area contributed by atoms with Crippen molar-refractivity contribution in [3.05, 3.63) is 137 Å². The van der Waals surface area contributed by atoms with Gasteiger partial charge in [0.05, 0.1) is 29.7 Å². The highest BCUT2D eigenvalue weighted by Crippen LogP contribution is 2.38. The highest BCUT2D eigenvalue weighted by molar-refractivity contribution is 5.76. The molecule has 3 aromatic carbocycles. The lowest BCUT2D eigenvalue weighted by Crippen LogP contribution is -2.41. The van der Waals surface area contributed by atoms with Crippen molar-refractivity contribution in [2.45, 2.75) is 45.8 Å². The van der Waals surface area contributed by atoms with E-state index in [9.17, 15) is 9.18 Å². The number of carbonyl (C=O) groups excluding carboxylic acids is 1. The van der Waals surface area contributed by atoms with Crippen LogP contribution >= 0.6 is 0 Å². The van der Waals surface area contributed by atoms with Crippen molar-refractivity contribution in [1.82, 2.24) is 24.6 Å². The van der Waals surface area contributed by atoms with E-state index in [4.69, 9.17) is 5.10 Å². The Balaban J connectivity index is 1.46. The second-order valence-corrected chi connectivity index (χ2v) is 10.6. The van der Waals surface area contributed by atoms with Crippen LogP contribution in [0.3, 0.4) is 0 Å². The van der Waals surface area contributed by atoms with Crippen LogP contribution in [0.1, 0.15) is 59.4 Å². The number of aromatic nitrogens is 3. The van der Waals surface area contributed by atoms with Gasteiger partial charge in [0.25, 0.3) is 0 Å². The molecule has 0 radical (unpaired) electrons. The summed E-state index contributed by atoms with van der Waals surface area (Å²) in [5.41, 5.74) is 6.90. The van der Waals surface area contributed by atoms with E-state index in [1.54, 1.807) is 12.1 Å². The highest BCUT2D eigenvalue weighted by atomic mass is 19.1. The number of nitrogens with zero attached hydrogens (tertiary/aromatic N) is 4. The largest absolute Gasteiger partial charge is 0.334 e. The van der Waals surface area contributed by atoms with E-state index in [1.807, 2.05) is 59.1 Å². The van der Waals surface area contributed by atoms with E-state index in [1.165, 1.54) is 17.7 Å². The zero-order valence-corrected chi connectivity index (χ0v) is 22.9. The summed E-state index contributed by atoms with van der Waals surface area (Å²) in [6, 6.07) is 28.4. The molecule has 1 atom stereocenters. The Bertz CT molecular complexity index is 1630. The first-order valence-electron chi connectivity index (χ1n) is 13.6. The Kier molecular flexibility index (Phi) is 6.72. The smallest absolute Gasteiger partial charge is 0.318 e. The molecule has 2 aromatic heterocycles. The molecule has 0 saturated heterocycles. The molecule has 6 nitrogen and oxygen atoms in total. The number of hydrogen-bond donors (Lipinski definition) is 1. The molecule has 1 N–H and O–H groups in total. The van der Waals surface area contributed by atoms with Gasteiger partial charge in [0.1, 0.15) is 11.6 Å². The normalized spacial score (nSPS) is 14.5. The van der Waals surface area contributed by atoms with Crippen LogP contribution < -0.4 is 5.32 Å². The third kappa shape index (κ3) is 4.68. The lowest BCUT2D eigenvalue weighted by Gasteiger charge is -2.31. The van der Waals surface area contributed by atoms with Gasteiger partial charge >= 0.3 is 6.03 Å². The van der Waals surface area contributed by atoms with Crippen molar-refractivity contribution in [2.75, 3.05) is 0 Å². The summed E-state index contributed by atoms with van der Waals surface area (Å²) in [5, 5.41) is 7.99. The van der Waals surface area contributed by atoms with Crippen LogP contribution in [0.4, 0.5) is 9.18 Å². The number of para-hydroxylation sites is 1. The van der Waals surface area contributed by atoms with Crippen LogP contribution in [0.15, 0.2) is 97.2 Å². The van der Waals surface area contributed by atoms with E-state index in [0.29, 0.717) is 19.0 Å². The molecule has 3 heterocycles. The van der Waals surface area contributed by atoms with Gasteiger partial charge in [-0.05, 0) is 65.9 Å². The first-order chi connectivity index (χ1) is 19.4. The molecule has 1 aliphatic heterocycles. The lowest BCUT2D eigenvalue weighted by atomic mass is 9.97. The minimum absolute atomic E-state index is 0.199. The van der Waals surface area contributed by atoms with Crippen molar-refractivity contribution in [2.24, 2.45) is 0 Å². The van der Waals surface area contributed by atoms with E-state index in [-0.39, 0.29) is 17.9 Å². The molecule has 40 heavy (non-hydrogen) atoms. The van der Waals surface area contributed by atoms with Crippen molar-refractivity contribution in [1.29, 1.82) is 0 Å². The number of hydrogen-bond acceptors (Lipinski definition) is 2. The lowest BCUT2D eigenvalue weighted by molar-refractivity contribution is 0.180. The van der Waals surface area contributed by atoms with Gasteiger partial charge < -0.3 is 14.8 Å². The number of rotatable bonds is 5. The topological polar surface area (TPSA) is 55.1 Å². The minimum atomic E-state index is -0.333. The molecule has 1 aliphatic rings. The first-order valence-corrected chi connectivity index (χ1v) is 13.6. The monoisotopic (exact) mass is 533 g/mol. The van der Waals surface area contributed by atoms with E-state index in [0.717, 1.165) is 39.6 Å².